The molecule has 1 saturated heterocycles. The van der Waals surface area contributed by atoms with Crippen LogP contribution in [0, 0.1) is 5.82 Å². The van der Waals surface area contributed by atoms with E-state index in [0.717, 1.165) is 6.07 Å². The monoisotopic (exact) mass is 474 g/mol. The number of rotatable bonds is 7. The lowest BCUT2D eigenvalue weighted by molar-refractivity contribution is -0.146. The first kappa shape index (κ1) is 22.1. The van der Waals surface area contributed by atoms with E-state index in [1.54, 1.807) is 6.07 Å². The molecule has 34 heavy (non-hydrogen) atoms. The summed E-state index contributed by atoms with van der Waals surface area (Å²) in [5.41, 5.74) is 0.633. The predicted molar refractivity (Wildman–Crippen MR) is 113 cm³/mol. The lowest BCUT2D eigenvalue weighted by Gasteiger charge is -2.33. The van der Waals surface area contributed by atoms with Crippen LogP contribution < -0.4 is 14.4 Å². The van der Waals surface area contributed by atoms with Crippen LogP contribution in [0.1, 0.15) is 15.9 Å². The van der Waals surface area contributed by atoms with E-state index in [1.807, 2.05) is 0 Å². The molecule has 176 valence electrons. The molecule has 1 fully saturated rings. The van der Waals surface area contributed by atoms with Gasteiger partial charge in [-0.3, -0.25) is 9.78 Å². The van der Waals surface area contributed by atoms with Crippen molar-refractivity contribution in [2.75, 3.05) is 24.7 Å². The van der Waals surface area contributed by atoms with Crippen molar-refractivity contribution in [2.24, 2.45) is 0 Å². The molecule has 2 aliphatic rings. The molecule has 10 heteroatoms. The second-order valence-corrected chi connectivity index (χ2v) is 8.02. The van der Waals surface area contributed by atoms with Gasteiger partial charge in [-0.2, -0.15) is 8.78 Å². The first-order valence-corrected chi connectivity index (χ1v) is 10.4. The van der Waals surface area contributed by atoms with E-state index in [-0.39, 0.29) is 43.8 Å². The third-order valence-corrected chi connectivity index (χ3v) is 5.63. The van der Waals surface area contributed by atoms with Crippen LogP contribution in [0.15, 0.2) is 54.7 Å². The fraction of sp³-hybridized carbons (Fsp3) is 0.250. The quantitative estimate of drug-likeness (QED) is 0.462. The number of hydrogen-bond donors (Lipinski definition) is 0. The third-order valence-electron chi connectivity index (χ3n) is 5.63. The summed E-state index contributed by atoms with van der Waals surface area (Å²) in [6, 6.07) is 11.1. The number of alkyl halides is 3. The Morgan fingerprint density at radius 2 is 1.85 bits per heavy atom. The fourth-order valence-corrected chi connectivity index (χ4v) is 3.90. The van der Waals surface area contributed by atoms with Gasteiger partial charge in [0.2, 0.25) is 0 Å². The summed E-state index contributed by atoms with van der Waals surface area (Å²) in [7, 11) is 0. The minimum atomic E-state index is -2.95. The second-order valence-electron chi connectivity index (χ2n) is 8.02. The highest BCUT2D eigenvalue weighted by Crippen LogP contribution is 2.38. The van der Waals surface area contributed by atoms with Crippen molar-refractivity contribution < 1.29 is 36.6 Å². The molecule has 5 rings (SSSR count). The smallest absolute Gasteiger partial charge is 0.387 e. The summed E-state index contributed by atoms with van der Waals surface area (Å²) in [5, 5.41) is 0. The summed E-state index contributed by atoms with van der Waals surface area (Å²) in [6.45, 7) is -3.31. The number of ether oxygens (including phenoxy) is 3. The zero-order valence-electron chi connectivity index (χ0n) is 17.6. The van der Waals surface area contributed by atoms with Gasteiger partial charge in [0.25, 0.3) is 5.91 Å². The molecule has 0 bridgehead atoms. The van der Waals surface area contributed by atoms with Gasteiger partial charge in [0.05, 0.1) is 25.5 Å². The summed E-state index contributed by atoms with van der Waals surface area (Å²) in [5.74, 6) is -0.793. The molecule has 0 spiro atoms. The van der Waals surface area contributed by atoms with Crippen LogP contribution in [0.3, 0.4) is 0 Å². The van der Waals surface area contributed by atoms with Gasteiger partial charge < -0.3 is 19.1 Å². The van der Waals surface area contributed by atoms with Gasteiger partial charge in [0, 0.05) is 34.6 Å². The van der Waals surface area contributed by atoms with Crippen molar-refractivity contribution in [1.29, 1.82) is 0 Å². The Kier molecular flexibility index (Phi) is 5.60. The molecule has 0 saturated carbocycles. The van der Waals surface area contributed by atoms with E-state index in [2.05, 4.69) is 9.72 Å². The Hall–Kier alpha value is -3.66. The molecule has 0 unspecified atom stereocenters. The Morgan fingerprint density at radius 3 is 2.53 bits per heavy atom. The van der Waals surface area contributed by atoms with Crippen LogP contribution in [0.5, 0.6) is 11.5 Å². The number of halogens is 4. The van der Waals surface area contributed by atoms with E-state index in [1.165, 1.54) is 47.5 Å². The molecule has 1 amide bonds. The summed E-state index contributed by atoms with van der Waals surface area (Å²) in [6.07, 6.45) is 1.46. The second kappa shape index (κ2) is 8.60. The molecule has 3 heterocycles. The predicted octanol–water partition coefficient (Wildman–Crippen LogP) is 4.77. The van der Waals surface area contributed by atoms with E-state index < -0.39 is 18.1 Å². The maximum absolute atomic E-state index is 14.4. The highest BCUT2D eigenvalue weighted by molar-refractivity contribution is 6.11. The van der Waals surface area contributed by atoms with Crippen molar-refractivity contribution in [3.8, 4) is 22.8 Å². The highest BCUT2D eigenvalue weighted by Gasteiger charge is 2.40. The molecule has 0 atom stereocenters. The van der Waals surface area contributed by atoms with Gasteiger partial charge in [0.1, 0.15) is 23.9 Å². The largest absolute Gasteiger partial charge is 0.489 e. The summed E-state index contributed by atoms with van der Waals surface area (Å²) < 4.78 is 68.0. The first-order valence-electron chi connectivity index (χ1n) is 10.4. The number of pyridine rings is 1. The van der Waals surface area contributed by atoms with Crippen LogP contribution in [-0.2, 0) is 11.3 Å². The zero-order valence-corrected chi connectivity index (χ0v) is 17.6. The van der Waals surface area contributed by atoms with Gasteiger partial charge in [-0.05, 0) is 42.5 Å². The van der Waals surface area contributed by atoms with Crippen LogP contribution in [0.4, 0.5) is 23.2 Å². The van der Waals surface area contributed by atoms with E-state index in [9.17, 15) is 22.4 Å². The van der Waals surface area contributed by atoms with Gasteiger partial charge in [0.15, 0.2) is 5.67 Å². The van der Waals surface area contributed by atoms with E-state index in [0.29, 0.717) is 28.1 Å². The lowest BCUT2D eigenvalue weighted by Crippen LogP contribution is -2.50. The van der Waals surface area contributed by atoms with Crippen molar-refractivity contribution in [2.45, 2.75) is 18.8 Å². The van der Waals surface area contributed by atoms with Crippen LogP contribution in [-0.4, -0.2) is 43.0 Å². The molecule has 6 nitrogen and oxygen atoms in total. The number of benzene rings is 2. The fourth-order valence-electron chi connectivity index (χ4n) is 3.90. The van der Waals surface area contributed by atoms with Gasteiger partial charge in [-0.15, -0.1) is 0 Å². The molecule has 2 aromatic carbocycles. The van der Waals surface area contributed by atoms with Crippen molar-refractivity contribution in [3.63, 3.8) is 0 Å². The van der Waals surface area contributed by atoms with Gasteiger partial charge >= 0.3 is 6.61 Å². The number of fused-ring (bicyclic) bond motifs is 1. The number of aromatic nitrogens is 1. The maximum atomic E-state index is 14.4. The van der Waals surface area contributed by atoms with Crippen LogP contribution in [0.25, 0.3) is 11.3 Å². The summed E-state index contributed by atoms with van der Waals surface area (Å²) in [4.78, 5) is 18.9. The van der Waals surface area contributed by atoms with E-state index in [4.69, 9.17) is 9.47 Å². The average Bonchev–Trinajstić information content (AvgIpc) is 3.13. The zero-order chi connectivity index (χ0) is 23.9. The molecule has 3 aromatic rings. The van der Waals surface area contributed by atoms with Crippen LogP contribution in [0.2, 0.25) is 0 Å². The van der Waals surface area contributed by atoms with Crippen molar-refractivity contribution in [1.82, 2.24) is 4.98 Å². The summed E-state index contributed by atoms with van der Waals surface area (Å²) >= 11 is 0. The maximum Gasteiger partial charge on any atom is 0.387 e. The van der Waals surface area contributed by atoms with Crippen molar-refractivity contribution in [3.05, 3.63) is 71.7 Å². The van der Waals surface area contributed by atoms with Gasteiger partial charge in [-0.25, -0.2) is 8.78 Å². The van der Waals surface area contributed by atoms with Crippen LogP contribution >= 0.6 is 0 Å². The standard InChI is InChI=1S/C24H18F4N2O4/c25-14-1-6-18(20(9-14)33-13-24(28)11-32-12-24)21-19-10-30(22(31)17(19)7-8-29-21)15-2-4-16(5-3-15)34-23(26)27/h1-9,23H,10-13H2. The molecule has 0 N–H and O–H groups in total. The highest BCUT2D eigenvalue weighted by atomic mass is 19.3. The molecule has 0 aliphatic carbocycles. The Labute approximate surface area is 191 Å². The average molecular weight is 474 g/mol. The minimum Gasteiger partial charge on any atom is -0.489 e. The number of nitrogens with zero attached hydrogens (tertiary/aromatic N) is 2. The molecule has 2 aliphatic heterocycles. The molecular weight excluding hydrogens is 456 g/mol. The topological polar surface area (TPSA) is 60.9 Å². The first-order chi connectivity index (χ1) is 16.3. The third kappa shape index (κ3) is 4.16. The normalized spacial score (nSPS) is 16.4. The Morgan fingerprint density at radius 1 is 1.09 bits per heavy atom. The molecule has 1 aromatic heterocycles. The van der Waals surface area contributed by atoms with Crippen molar-refractivity contribution >= 4 is 11.6 Å². The number of carbonyl (C=O) groups is 1. The van der Waals surface area contributed by atoms with Gasteiger partial charge in [-0.1, -0.05) is 0 Å². The molecular formula is C24H18F4N2O4. The lowest BCUT2D eigenvalue weighted by atomic mass is 10.0. The SMILES string of the molecule is O=C1c2ccnc(-c3ccc(F)cc3OCC3(F)COC3)c2CN1c1ccc(OC(F)F)cc1. The number of hydrogen-bond acceptors (Lipinski definition) is 5. The number of amides is 1. The van der Waals surface area contributed by atoms with E-state index >= 15 is 0 Å². The number of carbonyl (C=O) groups excluding carboxylic acids is 1. The Balaban J connectivity index is 1.45. The Bertz CT molecular complexity index is 1230. The minimum absolute atomic E-state index is 0.0270. The molecule has 0 radical (unpaired) electrons. The number of anilines is 1.